The Bertz CT molecular complexity index is 1050. The van der Waals surface area contributed by atoms with Crippen molar-refractivity contribution < 1.29 is 14.3 Å². The van der Waals surface area contributed by atoms with Gasteiger partial charge in [0.15, 0.2) is 0 Å². The van der Waals surface area contributed by atoms with Crippen LogP contribution >= 0.6 is 0 Å². The van der Waals surface area contributed by atoms with Crippen molar-refractivity contribution in [1.29, 1.82) is 5.41 Å². The van der Waals surface area contributed by atoms with Gasteiger partial charge in [-0.3, -0.25) is 14.6 Å². The van der Waals surface area contributed by atoms with E-state index in [1.807, 2.05) is 0 Å². The molecule has 24 heavy (non-hydrogen) atoms. The zero-order valence-electron chi connectivity index (χ0n) is 13.3. The Morgan fingerprint density at radius 3 is 2.83 bits per heavy atom. The van der Waals surface area contributed by atoms with Gasteiger partial charge in [0.05, 0.1) is 19.1 Å². The van der Waals surface area contributed by atoms with Crippen LogP contribution in [0.4, 0.5) is 0 Å². The highest BCUT2D eigenvalue weighted by Crippen LogP contribution is 2.10. The molecule has 8 heteroatoms. The molecule has 0 radical (unpaired) electrons. The molecular weight excluding hydrogens is 312 g/mol. The van der Waals surface area contributed by atoms with Gasteiger partial charge in [-0.25, -0.2) is 9.78 Å². The Morgan fingerprint density at radius 1 is 1.33 bits per heavy atom. The predicted molar refractivity (Wildman–Crippen MR) is 86.0 cm³/mol. The Labute approximate surface area is 136 Å². The summed E-state index contributed by atoms with van der Waals surface area (Å²) in [6, 6.07) is 6.57. The average Bonchev–Trinajstić information content (AvgIpc) is 2.60. The average molecular weight is 328 g/mol. The Hall–Kier alpha value is -3.00. The maximum Gasteiger partial charge on any atom is 0.341 e. The first kappa shape index (κ1) is 15.9. The number of hydrogen-bond acceptors (Lipinski definition) is 6. The van der Waals surface area contributed by atoms with E-state index < -0.39 is 5.97 Å². The third kappa shape index (κ3) is 2.46. The van der Waals surface area contributed by atoms with Gasteiger partial charge in [-0.2, -0.15) is 0 Å². The molecule has 0 aliphatic rings. The van der Waals surface area contributed by atoms with Gasteiger partial charge in [-0.15, -0.1) is 0 Å². The quantitative estimate of drug-likeness (QED) is 0.557. The number of nitrogens with zero attached hydrogens (tertiary/aromatic N) is 3. The second-order valence-corrected chi connectivity index (χ2v) is 5.13. The summed E-state index contributed by atoms with van der Waals surface area (Å²) >= 11 is 0. The number of methoxy groups -OCH3 is 2. The lowest BCUT2D eigenvalue weighted by atomic mass is 10.2. The van der Waals surface area contributed by atoms with Crippen molar-refractivity contribution in [1.82, 2.24) is 14.0 Å². The van der Waals surface area contributed by atoms with Gasteiger partial charge in [0.25, 0.3) is 5.56 Å². The Morgan fingerprint density at radius 2 is 2.12 bits per heavy atom. The molecule has 0 saturated heterocycles. The van der Waals surface area contributed by atoms with Crippen molar-refractivity contribution in [3.05, 3.63) is 51.9 Å². The topological polar surface area (TPSA) is 98.7 Å². The number of aromatic nitrogens is 3. The molecule has 0 saturated carbocycles. The summed E-state index contributed by atoms with van der Waals surface area (Å²) in [6.45, 7) is 0.595. The van der Waals surface area contributed by atoms with Gasteiger partial charge in [-0.1, -0.05) is 6.07 Å². The van der Waals surface area contributed by atoms with Crippen LogP contribution < -0.4 is 11.0 Å². The van der Waals surface area contributed by atoms with Crippen molar-refractivity contribution in [2.75, 3.05) is 20.8 Å². The van der Waals surface area contributed by atoms with Crippen LogP contribution in [0, 0.1) is 5.41 Å². The monoisotopic (exact) mass is 328 g/mol. The number of carbonyl (C=O) groups excluding carboxylic acids is 1. The van der Waals surface area contributed by atoms with Crippen LogP contribution in [0.25, 0.3) is 16.7 Å². The number of fused-ring (bicyclic) bond motifs is 2. The highest BCUT2D eigenvalue weighted by atomic mass is 16.5. The third-order valence-corrected chi connectivity index (χ3v) is 3.74. The van der Waals surface area contributed by atoms with Crippen LogP contribution in [0.5, 0.6) is 0 Å². The maximum absolute atomic E-state index is 12.8. The van der Waals surface area contributed by atoms with E-state index in [1.165, 1.54) is 29.3 Å². The van der Waals surface area contributed by atoms with E-state index >= 15 is 0 Å². The van der Waals surface area contributed by atoms with E-state index in [2.05, 4.69) is 4.98 Å². The summed E-state index contributed by atoms with van der Waals surface area (Å²) in [6.07, 6.45) is 1.61. The van der Waals surface area contributed by atoms with Crippen molar-refractivity contribution in [3.63, 3.8) is 0 Å². The number of esters is 1. The summed E-state index contributed by atoms with van der Waals surface area (Å²) in [5.74, 6) is -0.675. The van der Waals surface area contributed by atoms with Crippen LogP contribution in [0.15, 0.2) is 35.3 Å². The van der Waals surface area contributed by atoms with Crippen LogP contribution in [0.3, 0.4) is 0 Å². The summed E-state index contributed by atoms with van der Waals surface area (Å²) in [4.78, 5) is 29.2. The Balaban J connectivity index is 2.47. The SMILES string of the molecule is COCCn1c(=N)c(C(=O)OC)cc2c(=O)n3ccccc3nc21. The van der Waals surface area contributed by atoms with Crippen molar-refractivity contribution in [2.24, 2.45) is 0 Å². The molecule has 3 aromatic heterocycles. The minimum absolute atomic E-state index is 0.0101. The lowest BCUT2D eigenvalue weighted by Gasteiger charge is -2.13. The molecule has 3 heterocycles. The summed E-state index contributed by atoms with van der Waals surface area (Å²) < 4.78 is 12.7. The fourth-order valence-electron chi connectivity index (χ4n) is 2.55. The number of rotatable bonds is 4. The van der Waals surface area contributed by atoms with Crippen LogP contribution in [0.2, 0.25) is 0 Å². The van der Waals surface area contributed by atoms with Gasteiger partial charge in [0.2, 0.25) is 0 Å². The second kappa shape index (κ2) is 6.25. The van der Waals surface area contributed by atoms with E-state index in [0.717, 1.165) is 0 Å². The zero-order chi connectivity index (χ0) is 17.3. The maximum atomic E-state index is 12.8. The number of carbonyl (C=O) groups is 1. The van der Waals surface area contributed by atoms with Gasteiger partial charge in [0.1, 0.15) is 22.3 Å². The fourth-order valence-corrected chi connectivity index (χ4v) is 2.55. The molecule has 0 aliphatic carbocycles. The fraction of sp³-hybridized carbons (Fsp3) is 0.250. The van der Waals surface area contributed by atoms with E-state index in [4.69, 9.17) is 14.9 Å². The predicted octanol–water partition coefficient (Wildman–Crippen LogP) is 0.562. The van der Waals surface area contributed by atoms with E-state index in [0.29, 0.717) is 17.9 Å². The minimum atomic E-state index is -0.675. The van der Waals surface area contributed by atoms with E-state index in [-0.39, 0.29) is 28.5 Å². The molecule has 3 aromatic rings. The molecule has 0 spiro atoms. The largest absolute Gasteiger partial charge is 0.465 e. The number of pyridine rings is 2. The molecule has 0 amide bonds. The molecule has 8 nitrogen and oxygen atoms in total. The lowest BCUT2D eigenvalue weighted by molar-refractivity contribution is 0.0597. The first-order valence-corrected chi connectivity index (χ1v) is 7.25. The summed E-state index contributed by atoms with van der Waals surface area (Å²) in [5, 5.41) is 8.52. The molecule has 3 rings (SSSR count). The van der Waals surface area contributed by atoms with Crippen molar-refractivity contribution in [2.45, 2.75) is 6.54 Å². The summed E-state index contributed by atoms with van der Waals surface area (Å²) in [7, 11) is 2.77. The van der Waals surface area contributed by atoms with Crippen molar-refractivity contribution in [3.8, 4) is 0 Å². The molecule has 124 valence electrons. The minimum Gasteiger partial charge on any atom is -0.465 e. The molecule has 0 atom stereocenters. The lowest BCUT2D eigenvalue weighted by Crippen LogP contribution is -2.31. The Kier molecular flexibility index (Phi) is 4.13. The van der Waals surface area contributed by atoms with Gasteiger partial charge < -0.3 is 14.0 Å². The number of ether oxygens (including phenoxy) is 2. The van der Waals surface area contributed by atoms with Crippen LogP contribution in [-0.2, 0) is 16.0 Å². The molecule has 0 fully saturated rings. The molecule has 0 bridgehead atoms. The highest BCUT2D eigenvalue weighted by Gasteiger charge is 2.17. The van der Waals surface area contributed by atoms with Gasteiger partial charge in [-0.05, 0) is 18.2 Å². The standard InChI is InChI=1S/C16H16N4O4/c1-23-8-7-20-13(17)10(16(22)24-2)9-11-14(20)18-12-5-3-4-6-19(12)15(11)21/h3-6,9,17H,7-8H2,1-2H3. The molecule has 0 aromatic carbocycles. The van der Waals surface area contributed by atoms with Gasteiger partial charge in [0, 0.05) is 19.9 Å². The second-order valence-electron chi connectivity index (χ2n) is 5.13. The van der Waals surface area contributed by atoms with E-state index in [1.54, 1.807) is 24.4 Å². The van der Waals surface area contributed by atoms with Crippen molar-refractivity contribution >= 4 is 22.6 Å². The highest BCUT2D eigenvalue weighted by molar-refractivity contribution is 5.93. The molecule has 0 aliphatic heterocycles. The molecule has 1 N–H and O–H groups in total. The smallest absolute Gasteiger partial charge is 0.341 e. The normalized spacial score (nSPS) is 11.1. The molecular formula is C16H16N4O4. The van der Waals surface area contributed by atoms with Gasteiger partial charge >= 0.3 is 5.97 Å². The van der Waals surface area contributed by atoms with Crippen LogP contribution in [-0.4, -0.2) is 40.7 Å². The van der Waals surface area contributed by atoms with E-state index in [9.17, 15) is 9.59 Å². The summed E-state index contributed by atoms with van der Waals surface area (Å²) in [5.41, 5.74) is 0.425. The third-order valence-electron chi connectivity index (χ3n) is 3.74. The molecule has 0 unspecified atom stereocenters. The number of nitrogens with one attached hydrogen (secondary N) is 1. The number of hydrogen-bond donors (Lipinski definition) is 1. The first-order chi connectivity index (χ1) is 11.6. The first-order valence-electron chi connectivity index (χ1n) is 7.25. The zero-order valence-corrected chi connectivity index (χ0v) is 13.3. The van der Waals surface area contributed by atoms with Crippen LogP contribution in [0.1, 0.15) is 10.4 Å².